The lowest BCUT2D eigenvalue weighted by Crippen LogP contribution is -2.21. The van der Waals surface area contributed by atoms with Gasteiger partial charge in [-0.3, -0.25) is 4.79 Å². The van der Waals surface area contributed by atoms with Gasteiger partial charge in [0.2, 0.25) is 5.91 Å². The monoisotopic (exact) mass is 391 g/mol. The topological polar surface area (TPSA) is 56.2 Å². The van der Waals surface area contributed by atoms with E-state index in [1.54, 1.807) is 0 Å². The second-order valence-electron chi connectivity index (χ2n) is 7.14. The molecule has 0 bridgehead atoms. The first-order valence-corrected chi connectivity index (χ1v) is 10.2. The molecule has 5 nitrogen and oxygen atoms in total. The molecule has 0 aliphatic rings. The summed E-state index contributed by atoms with van der Waals surface area (Å²) in [6.45, 7) is 7.58. The maximum Gasteiger partial charge on any atom is 0.243 e. The third-order valence-electron chi connectivity index (χ3n) is 4.90. The van der Waals surface area contributed by atoms with E-state index in [-0.39, 0.29) is 5.91 Å². The Bertz CT molecular complexity index is 944. The zero-order valence-electron chi connectivity index (χ0n) is 17.1. The van der Waals surface area contributed by atoms with Crippen molar-refractivity contribution in [1.29, 1.82) is 0 Å². The van der Waals surface area contributed by atoms with E-state index in [2.05, 4.69) is 47.7 Å². The van der Waals surface area contributed by atoms with Gasteiger partial charge in [-0.2, -0.15) is 0 Å². The quantitative estimate of drug-likeness (QED) is 0.388. The number of carbonyl (C=O) groups is 1. The zero-order valence-corrected chi connectivity index (χ0v) is 17.1. The molecule has 0 saturated carbocycles. The van der Waals surface area contributed by atoms with Gasteiger partial charge in [0.1, 0.15) is 18.2 Å². The number of ether oxygens (including phenoxy) is 1. The van der Waals surface area contributed by atoms with Gasteiger partial charge in [-0.05, 0) is 50.1 Å². The van der Waals surface area contributed by atoms with E-state index in [0.717, 1.165) is 54.8 Å². The molecule has 1 aromatic heterocycles. The smallest absolute Gasteiger partial charge is 0.243 e. The largest absolute Gasteiger partial charge is 0.492 e. The Morgan fingerprint density at radius 3 is 2.72 bits per heavy atom. The van der Waals surface area contributed by atoms with Crippen LogP contribution >= 0.6 is 0 Å². The van der Waals surface area contributed by atoms with Crippen molar-refractivity contribution in [3.63, 3.8) is 0 Å². The minimum absolute atomic E-state index is 0.111. The van der Waals surface area contributed by atoms with Crippen LogP contribution in [0.4, 0.5) is 0 Å². The Hall–Kier alpha value is -3.08. The predicted molar refractivity (Wildman–Crippen MR) is 117 cm³/mol. The fraction of sp³-hybridized carbons (Fsp3) is 0.333. The Morgan fingerprint density at radius 1 is 1.14 bits per heavy atom. The normalized spacial score (nSPS) is 10.8. The van der Waals surface area contributed by atoms with Crippen LogP contribution in [0.3, 0.4) is 0 Å². The number of carbonyl (C=O) groups excluding carboxylic acids is 1. The van der Waals surface area contributed by atoms with E-state index in [1.165, 1.54) is 11.6 Å². The molecule has 0 atom stereocenters. The molecule has 0 fully saturated rings. The Labute approximate surface area is 172 Å². The van der Waals surface area contributed by atoms with Crippen molar-refractivity contribution < 1.29 is 9.53 Å². The fourth-order valence-corrected chi connectivity index (χ4v) is 3.32. The minimum atomic E-state index is -0.111. The van der Waals surface area contributed by atoms with Gasteiger partial charge in [-0.15, -0.1) is 0 Å². The number of nitrogens with zero attached hydrogens (tertiary/aromatic N) is 2. The van der Waals surface area contributed by atoms with Crippen molar-refractivity contribution in [2.24, 2.45) is 0 Å². The molecule has 1 amide bonds. The Kier molecular flexibility index (Phi) is 7.45. The van der Waals surface area contributed by atoms with Crippen LogP contribution in [0.25, 0.3) is 11.0 Å². The number of amides is 1. The molecule has 0 radical (unpaired) electrons. The molecule has 5 heteroatoms. The molecule has 1 N–H and O–H groups in total. The SMILES string of the molecule is C=CC(=O)NCCCCCc1nc2ccccc2n1CCOc1ccc(C)cc1. The van der Waals surface area contributed by atoms with Gasteiger partial charge in [0.15, 0.2) is 0 Å². The van der Waals surface area contributed by atoms with Crippen molar-refractivity contribution >= 4 is 16.9 Å². The lowest BCUT2D eigenvalue weighted by molar-refractivity contribution is -0.116. The van der Waals surface area contributed by atoms with E-state index in [1.807, 2.05) is 24.3 Å². The number of nitrogens with one attached hydrogen (secondary N) is 1. The predicted octanol–water partition coefficient (Wildman–Crippen LogP) is 4.44. The van der Waals surface area contributed by atoms with Gasteiger partial charge in [0, 0.05) is 13.0 Å². The summed E-state index contributed by atoms with van der Waals surface area (Å²) in [4.78, 5) is 16.0. The van der Waals surface area contributed by atoms with Crippen molar-refractivity contribution in [3.05, 3.63) is 72.6 Å². The highest BCUT2D eigenvalue weighted by atomic mass is 16.5. The number of rotatable bonds is 11. The maximum atomic E-state index is 11.2. The number of hydrogen-bond acceptors (Lipinski definition) is 3. The van der Waals surface area contributed by atoms with Gasteiger partial charge >= 0.3 is 0 Å². The summed E-state index contributed by atoms with van der Waals surface area (Å²) in [5.41, 5.74) is 3.40. The average molecular weight is 392 g/mol. The molecule has 0 spiro atoms. The molecule has 3 rings (SSSR count). The standard InChI is InChI=1S/C24H29N3O2/c1-3-24(28)25-16-8-4-5-11-23-26-21-9-6-7-10-22(21)27(23)17-18-29-20-14-12-19(2)13-15-20/h3,6-7,9-10,12-15H,1,4-5,8,11,16-18H2,2H3,(H,25,28). The van der Waals surface area contributed by atoms with Crippen LogP contribution in [0.5, 0.6) is 5.75 Å². The highest BCUT2D eigenvalue weighted by molar-refractivity contribution is 5.86. The van der Waals surface area contributed by atoms with Crippen LogP contribution in [-0.2, 0) is 17.8 Å². The average Bonchev–Trinajstić information content (AvgIpc) is 3.09. The van der Waals surface area contributed by atoms with Gasteiger partial charge in [0.25, 0.3) is 0 Å². The summed E-state index contributed by atoms with van der Waals surface area (Å²) in [6.07, 6.45) is 5.25. The van der Waals surface area contributed by atoms with Gasteiger partial charge in [-0.1, -0.05) is 42.8 Å². The lowest BCUT2D eigenvalue weighted by atomic mass is 10.2. The highest BCUT2D eigenvalue weighted by Crippen LogP contribution is 2.18. The molecule has 0 unspecified atom stereocenters. The third kappa shape index (κ3) is 5.95. The number of aryl methyl sites for hydroxylation is 2. The van der Waals surface area contributed by atoms with E-state index >= 15 is 0 Å². The first-order valence-electron chi connectivity index (χ1n) is 10.2. The van der Waals surface area contributed by atoms with Crippen LogP contribution in [0.2, 0.25) is 0 Å². The molecule has 3 aromatic rings. The van der Waals surface area contributed by atoms with E-state index < -0.39 is 0 Å². The molecule has 29 heavy (non-hydrogen) atoms. The summed E-state index contributed by atoms with van der Waals surface area (Å²) >= 11 is 0. The summed E-state index contributed by atoms with van der Waals surface area (Å²) in [6, 6.07) is 16.4. The molecule has 2 aromatic carbocycles. The number of imidazole rings is 1. The van der Waals surface area contributed by atoms with Crippen molar-refractivity contribution in [3.8, 4) is 5.75 Å². The number of fused-ring (bicyclic) bond motifs is 1. The van der Waals surface area contributed by atoms with Crippen LogP contribution < -0.4 is 10.1 Å². The van der Waals surface area contributed by atoms with Crippen LogP contribution in [0, 0.1) is 6.92 Å². The second kappa shape index (κ2) is 10.5. The van der Waals surface area contributed by atoms with E-state index in [0.29, 0.717) is 13.2 Å². The Morgan fingerprint density at radius 2 is 1.93 bits per heavy atom. The number of para-hydroxylation sites is 2. The second-order valence-corrected chi connectivity index (χ2v) is 7.14. The molecule has 1 heterocycles. The van der Waals surface area contributed by atoms with Crippen LogP contribution in [0.1, 0.15) is 30.7 Å². The van der Waals surface area contributed by atoms with Gasteiger partial charge in [0.05, 0.1) is 17.6 Å². The lowest BCUT2D eigenvalue weighted by Gasteiger charge is -2.11. The van der Waals surface area contributed by atoms with Crippen molar-refractivity contribution in [1.82, 2.24) is 14.9 Å². The summed E-state index contributed by atoms with van der Waals surface area (Å²) in [5, 5.41) is 2.82. The van der Waals surface area contributed by atoms with Crippen LogP contribution in [0.15, 0.2) is 61.2 Å². The third-order valence-corrected chi connectivity index (χ3v) is 4.90. The summed E-state index contributed by atoms with van der Waals surface area (Å²) in [5.74, 6) is 1.87. The van der Waals surface area contributed by atoms with Crippen molar-refractivity contribution in [2.75, 3.05) is 13.2 Å². The van der Waals surface area contributed by atoms with Crippen LogP contribution in [-0.4, -0.2) is 28.6 Å². The maximum absolute atomic E-state index is 11.2. The van der Waals surface area contributed by atoms with Gasteiger partial charge in [-0.25, -0.2) is 4.98 Å². The molecule has 0 aliphatic heterocycles. The minimum Gasteiger partial charge on any atom is -0.492 e. The number of benzene rings is 2. The summed E-state index contributed by atoms with van der Waals surface area (Å²) in [7, 11) is 0. The van der Waals surface area contributed by atoms with Gasteiger partial charge < -0.3 is 14.6 Å². The Balaban J connectivity index is 1.56. The number of unbranched alkanes of at least 4 members (excludes halogenated alkanes) is 2. The molecule has 0 aliphatic carbocycles. The molecular weight excluding hydrogens is 362 g/mol. The van der Waals surface area contributed by atoms with E-state index in [9.17, 15) is 4.79 Å². The first kappa shape index (κ1) is 20.6. The number of aromatic nitrogens is 2. The molecular formula is C24H29N3O2. The van der Waals surface area contributed by atoms with Crippen molar-refractivity contribution in [2.45, 2.75) is 39.2 Å². The summed E-state index contributed by atoms with van der Waals surface area (Å²) < 4.78 is 8.20. The molecule has 0 saturated heterocycles. The highest BCUT2D eigenvalue weighted by Gasteiger charge is 2.10. The number of hydrogen-bond donors (Lipinski definition) is 1. The zero-order chi connectivity index (χ0) is 20.5. The molecule has 152 valence electrons. The fourth-order valence-electron chi connectivity index (χ4n) is 3.32. The van der Waals surface area contributed by atoms with E-state index in [4.69, 9.17) is 9.72 Å². The first-order chi connectivity index (χ1) is 14.2.